The van der Waals surface area contributed by atoms with E-state index in [0.29, 0.717) is 0 Å². The van der Waals surface area contributed by atoms with Crippen LogP contribution in [0.5, 0.6) is 0 Å². The molecule has 1 aromatic rings. The topological polar surface area (TPSA) is 46.3 Å². The summed E-state index contributed by atoms with van der Waals surface area (Å²) in [5.74, 6) is 0.0513. The summed E-state index contributed by atoms with van der Waals surface area (Å²) in [5, 5.41) is 0. The van der Waals surface area contributed by atoms with E-state index in [1.165, 1.54) is 5.56 Å². The van der Waals surface area contributed by atoms with Gasteiger partial charge in [0, 0.05) is 11.0 Å². The average Bonchev–Trinajstić information content (AvgIpc) is 2.77. The zero-order valence-corrected chi connectivity index (χ0v) is 12.7. The molecule has 1 saturated heterocycles. The third kappa shape index (κ3) is 3.25. The van der Waals surface area contributed by atoms with Crippen molar-refractivity contribution in [3.63, 3.8) is 0 Å². The average molecular weight is 334 g/mol. The van der Waals surface area contributed by atoms with Crippen molar-refractivity contribution in [3.05, 3.63) is 34.3 Å². The Bertz CT molecular complexity index is 408. The van der Waals surface area contributed by atoms with E-state index in [1.54, 1.807) is 6.92 Å². The van der Waals surface area contributed by atoms with E-state index in [4.69, 9.17) is 5.73 Å². The van der Waals surface area contributed by atoms with Gasteiger partial charge in [0.05, 0.1) is 12.1 Å². The Kier molecular flexibility index (Phi) is 5.63. The largest absolute Gasteiger partial charge is 0.334 e. The summed E-state index contributed by atoms with van der Waals surface area (Å²) >= 11 is 3.42. The maximum absolute atomic E-state index is 12.0. The maximum atomic E-state index is 12.0. The summed E-state index contributed by atoms with van der Waals surface area (Å²) < 4.78 is 1.06. The molecule has 0 spiro atoms. The number of nitrogens with zero attached hydrogens (tertiary/aromatic N) is 1. The van der Waals surface area contributed by atoms with E-state index in [0.717, 1.165) is 23.9 Å². The van der Waals surface area contributed by atoms with Crippen LogP contribution in [0.1, 0.15) is 31.4 Å². The van der Waals surface area contributed by atoms with Crippen molar-refractivity contribution in [2.75, 3.05) is 6.54 Å². The molecule has 0 radical (unpaired) electrons. The van der Waals surface area contributed by atoms with E-state index in [1.807, 2.05) is 17.0 Å². The normalized spacial score (nSPS) is 20.4. The van der Waals surface area contributed by atoms with Gasteiger partial charge in [-0.05, 0) is 37.5 Å². The minimum atomic E-state index is -0.411. The molecule has 1 heterocycles. The zero-order chi connectivity index (χ0) is 12.4. The molecule has 2 atom stereocenters. The lowest BCUT2D eigenvalue weighted by Crippen LogP contribution is -2.41. The monoisotopic (exact) mass is 332 g/mol. The Balaban J connectivity index is 0.00000162. The van der Waals surface area contributed by atoms with Crippen molar-refractivity contribution in [1.29, 1.82) is 0 Å². The molecule has 0 saturated carbocycles. The first-order valence-corrected chi connectivity index (χ1v) is 6.70. The Morgan fingerprint density at radius 1 is 1.44 bits per heavy atom. The van der Waals surface area contributed by atoms with E-state index in [9.17, 15) is 4.79 Å². The molecule has 2 rings (SSSR count). The molecule has 1 aromatic carbocycles. The van der Waals surface area contributed by atoms with Crippen LogP contribution < -0.4 is 5.73 Å². The number of carbonyl (C=O) groups excluding carboxylic acids is 1. The third-order valence-corrected chi connectivity index (χ3v) is 3.71. The van der Waals surface area contributed by atoms with Crippen LogP contribution in [0, 0.1) is 0 Å². The van der Waals surface area contributed by atoms with Crippen LogP contribution in [0.15, 0.2) is 28.7 Å². The van der Waals surface area contributed by atoms with Crippen LogP contribution in [0.3, 0.4) is 0 Å². The summed E-state index contributed by atoms with van der Waals surface area (Å²) in [7, 11) is 0. The number of hydrogen-bond donors (Lipinski definition) is 1. The lowest BCUT2D eigenvalue weighted by Gasteiger charge is -2.26. The molecule has 0 aliphatic carbocycles. The van der Waals surface area contributed by atoms with Crippen LogP contribution in [-0.4, -0.2) is 23.4 Å². The van der Waals surface area contributed by atoms with Crippen molar-refractivity contribution >= 4 is 34.2 Å². The van der Waals surface area contributed by atoms with E-state index >= 15 is 0 Å². The number of carbonyl (C=O) groups is 1. The Labute approximate surface area is 122 Å². The van der Waals surface area contributed by atoms with E-state index in [2.05, 4.69) is 28.1 Å². The van der Waals surface area contributed by atoms with E-state index < -0.39 is 6.04 Å². The van der Waals surface area contributed by atoms with Gasteiger partial charge < -0.3 is 10.6 Å². The van der Waals surface area contributed by atoms with Crippen molar-refractivity contribution in [3.8, 4) is 0 Å². The standard InChI is InChI=1S/C13H17BrN2O.ClH/c1-9(15)13(17)16-8-2-3-12(16)10-4-6-11(14)7-5-10;/h4-7,9,12H,2-3,8,15H2,1H3;1H/t9-,12?;/m0./s1. The van der Waals surface area contributed by atoms with Crippen LogP contribution in [0.25, 0.3) is 0 Å². The first kappa shape index (κ1) is 15.5. The fourth-order valence-electron chi connectivity index (χ4n) is 2.32. The molecule has 0 bridgehead atoms. The smallest absolute Gasteiger partial charge is 0.239 e. The minimum absolute atomic E-state index is 0. The maximum Gasteiger partial charge on any atom is 0.239 e. The van der Waals surface area contributed by atoms with Crippen LogP contribution in [0.4, 0.5) is 0 Å². The number of hydrogen-bond acceptors (Lipinski definition) is 2. The molecule has 1 aliphatic rings. The molecule has 1 aliphatic heterocycles. The summed E-state index contributed by atoms with van der Waals surface area (Å²) in [5.41, 5.74) is 6.88. The van der Waals surface area contributed by atoms with Crippen molar-refractivity contribution in [2.45, 2.75) is 31.8 Å². The predicted octanol–water partition coefficient (Wildman–Crippen LogP) is 2.88. The molecule has 18 heavy (non-hydrogen) atoms. The molecule has 5 heteroatoms. The van der Waals surface area contributed by atoms with Gasteiger partial charge in [-0.2, -0.15) is 0 Å². The van der Waals surface area contributed by atoms with Gasteiger partial charge in [0.25, 0.3) is 0 Å². The highest BCUT2D eigenvalue weighted by Gasteiger charge is 2.31. The fourth-order valence-corrected chi connectivity index (χ4v) is 2.59. The zero-order valence-electron chi connectivity index (χ0n) is 10.3. The molecule has 1 fully saturated rings. The van der Waals surface area contributed by atoms with Crippen molar-refractivity contribution < 1.29 is 4.79 Å². The predicted molar refractivity (Wildman–Crippen MR) is 78.7 cm³/mol. The third-order valence-electron chi connectivity index (χ3n) is 3.18. The quantitative estimate of drug-likeness (QED) is 0.904. The molecule has 1 unspecified atom stereocenters. The summed E-state index contributed by atoms with van der Waals surface area (Å²) in [6, 6.07) is 7.96. The number of benzene rings is 1. The molecular weight excluding hydrogens is 316 g/mol. The number of likely N-dealkylation sites (tertiary alicyclic amines) is 1. The van der Waals surface area contributed by atoms with Gasteiger partial charge in [-0.1, -0.05) is 28.1 Å². The SMILES string of the molecule is C[C@H](N)C(=O)N1CCCC1c1ccc(Br)cc1.Cl. The molecule has 100 valence electrons. The number of amides is 1. The molecule has 3 nitrogen and oxygen atoms in total. The highest BCUT2D eigenvalue weighted by molar-refractivity contribution is 9.10. The molecule has 1 amide bonds. The first-order valence-electron chi connectivity index (χ1n) is 5.91. The van der Waals surface area contributed by atoms with Gasteiger partial charge in [-0.25, -0.2) is 0 Å². The summed E-state index contributed by atoms with van der Waals surface area (Å²) in [6.45, 7) is 2.57. The van der Waals surface area contributed by atoms with Gasteiger partial charge in [-0.3, -0.25) is 4.79 Å². The lowest BCUT2D eigenvalue weighted by molar-refractivity contribution is -0.133. The number of halogens is 2. The van der Waals surface area contributed by atoms with Gasteiger partial charge in [0.2, 0.25) is 5.91 Å². The molecule has 2 N–H and O–H groups in total. The summed E-state index contributed by atoms with van der Waals surface area (Å²) in [6.07, 6.45) is 2.08. The minimum Gasteiger partial charge on any atom is -0.334 e. The number of nitrogens with two attached hydrogens (primary N) is 1. The molecule has 0 aromatic heterocycles. The van der Waals surface area contributed by atoms with Crippen molar-refractivity contribution in [1.82, 2.24) is 4.90 Å². The van der Waals surface area contributed by atoms with Crippen LogP contribution in [0.2, 0.25) is 0 Å². The summed E-state index contributed by atoms with van der Waals surface area (Å²) in [4.78, 5) is 13.9. The van der Waals surface area contributed by atoms with Gasteiger partial charge in [-0.15, -0.1) is 12.4 Å². The lowest BCUT2D eigenvalue weighted by atomic mass is 10.0. The molecular formula is C13H18BrClN2O. The van der Waals surface area contributed by atoms with Gasteiger partial charge in [0.1, 0.15) is 0 Å². The second-order valence-corrected chi connectivity index (χ2v) is 5.45. The highest BCUT2D eigenvalue weighted by atomic mass is 79.9. The van der Waals surface area contributed by atoms with Crippen LogP contribution >= 0.6 is 28.3 Å². The fraction of sp³-hybridized carbons (Fsp3) is 0.462. The Hall–Kier alpha value is -0.580. The highest BCUT2D eigenvalue weighted by Crippen LogP contribution is 2.32. The second-order valence-electron chi connectivity index (χ2n) is 4.53. The Morgan fingerprint density at radius 2 is 2.06 bits per heavy atom. The number of rotatable bonds is 2. The van der Waals surface area contributed by atoms with Gasteiger partial charge in [0.15, 0.2) is 0 Å². The van der Waals surface area contributed by atoms with E-state index in [-0.39, 0.29) is 24.4 Å². The first-order chi connectivity index (χ1) is 8.09. The van der Waals surface area contributed by atoms with Crippen LogP contribution in [-0.2, 0) is 4.79 Å². The van der Waals surface area contributed by atoms with Crippen molar-refractivity contribution in [2.24, 2.45) is 5.73 Å². The Morgan fingerprint density at radius 3 is 2.61 bits per heavy atom. The second kappa shape index (κ2) is 6.55. The van der Waals surface area contributed by atoms with Gasteiger partial charge >= 0.3 is 0 Å².